The molecule has 0 saturated carbocycles. The Balaban J connectivity index is 2.22. The zero-order chi connectivity index (χ0) is 15.2. The van der Waals surface area contributed by atoms with Crippen molar-refractivity contribution in [1.82, 2.24) is 14.9 Å². The highest BCUT2D eigenvalue weighted by Gasteiger charge is 2.16. The van der Waals surface area contributed by atoms with E-state index in [1.807, 2.05) is 32.0 Å². The minimum absolute atomic E-state index is 0.0647. The number of aromatic nitrogens is 2. The number of nitrogens with zero attached hydrogens (tertiary/aromatic N) is 3. The molecule has 0 bridgehead atoms. The van der Waals surface area contributed by atoms with Gasteiger partial charge in [-0.15, -0.1) is 0 Å². The minimum Gasteiger partial charge on any atom is -0.333 e. The molecule has 0 fully saturated rings. The molecule has 0 atom stereocenters. The average molecular weight is 285 g/mol. The third-order valence-corrected chi connectivity index (χ3v) is 3.10. The first-order chi connectivity index (χ1) is 10.1. The van der Waals surface area contributed by atoms with Crippen LogP contribution in [0.25, 0.3) is 0 Å². The Labute approximate surface area is 124 Å². The number of amides is 1. The molecule has 2 rings (SSSR count). The normalized spacial score (nSPS) is 10.2. The Hall–Kier alpha value is -2.47. The SMILES string of the molecule is CCN(Cc1ccccn1)C(=O)c1cc(C)nc(NN)c1. The maximum absolute atomic E-state index is 12.6. The predicted molar refractivity (Wildman–Crippen MR) is 81.4 cm³/mol. The van der Waals surface area contributed by atoms with Crippen LogP contribution in [-0.2, 0) is 6.54 Å². The van der Waals surface area contributed by atoms with Crippen LogP contribution in [0.5, 0.6) is 0 Å². The van der Waals surface area contributed by atoms with Crippen LogP contribution < -0.4 is 11.3 Å². The minimum atomic E-state index is -0.0647. The fraction of sp³-hybridized carbons (Fsp3) is 0.267. The van der Waals surface area contributed by atoms with Gasteiger partial charge in [-0.3, -0.25) is 9.78 Å². The molecule has 6 heteroatoms. The Morgan fingerprint density at radius 2 is 2.19 bits per heavy atom. The van der Waals surface area contributed by atoms with E-state index in [1.54, 1.807) is 23.2 Å². The van der Waals surface area contributed by atoms with Crippen LogP contribution in [0.15, 0.2) is 36.5 Å². The summed E-state index contributed by atoms with van der Waals surface area (Å²) in [5.74, 6) is 5.79. The van der Waals surface area contributed by atoms with E-state index < -0.39 is 0 Å². The number of pyridine rings is 2. The number of aryl methyl sites for hydroxylation is 1. The second-order valence-corrected chi connectivity index (χ2v) is 4.67. The van der Waals surface area contributed by atoms with Gasteiger partial charge in [-0.2, -0.15) is 0 Å². The number of rotatable bonds is 5. The molecule has 110 valence electrons. The van der Waals surface area contributed by atoms with Crippen molar-refractivity contribution in [2.75, 3.05) is 12.0 Å². The van der Waals surface area contributed by atoms with Crippen LogP contribution in [0.1, 0.15) is 28.7 Å². The van der Waals surface area contributed by atoms with Gasteiger partial charge in [0.15, 0.2) is 0 Å². The smallest absolute Gasteiger partial charge is 0.254 e. The van der Waals surface area contributed by atoms with E-state index >= 15 is 0 Å². The zero-order valence-electron chi connectivity index (χ0n) is 12.2. The summed E-state index contributed by atoms with van der Waals surface area (Å²) in [4.78, 5) is 22.8. The maximum atomic E-state index is 12.6. The second kappa shape index (κ2) is 6.81. The summed E-state index contributed by atoms with van der Waals surface area (Å²) < 4.78 is 0. The van der Waals surface area contributed by atoms with E-state index in [9.17, 15) is 4.79 Å². The lowest BCUT2D eigenvalue weighted by Gasteiger charge is -2.21. The van der Waals surface area contributed by atoms with Crippen molar-refractivity contribution >= 4 is 11.7 Å². The molecule has 6 nitrogen and oxygen atoms in total. The van der Waals surface area contributed by atoms with Gasteiger partial charge < -0.3 is 10.3 Å². The summed E-state index contributed by atoms with van der Waals surface area (Å²) in [6, 6.07) is 9.07. The third-order valence-electron chi connectivity index (χ3n) is 3.10. The van der Waals surface area contributed by atoms with Crippen LogP contribution in [-0.4, -0.2) is 27.3 Å². The van der Waals surface area contributed by atoms with E-state index in [4.69, 9.17) is 5.84 Å². The summed E-state index contributed by atoms with van der Waals surface area (Å²) in [7, 11) is 0. The zero-order valence-corrected chi connectivity index (χ0v) is 12.2. The first-order valence-corrected chi connectivity index (χ1v) is 6.78. The highest BCUT2D eigenvalue weighted by Crippen LogP contribution is 2.13. The molecule has 21 heavy (non-hydrogen) atoms. The molecule has 0 unspecified atom stereocenters. The van der Waals surface area contributed by atoms with Crippen molar-refractivity contribution < 1.29 is 4.79 Å². The van der Waals surface area contributed by atoms with Gasteiger partial charge in [0.05, 0.1) is 12.2 Å². The molecule has 0 aliphatic carbocycles. The summed E-state index contributed by atoms with van der Waals surface area (Å²) >= 11 is 0. The number of carbonyl (C=O) groups excluding carboxylic acids is 1. The van der Waals surface area contributed by atoms with Crippen molar-refractivity contribution in [3.8, 4) is 0 Å². The first-order valence-electron chi connectivity index (χ1n) is 6.78. The summed E-state index contributed by atoms with van der Waals surface area (Å²) in [6.07, 6.45) is 1.72. The molecule has 0 aromatic carbocycles. The fourth-order valence-corrected chi connectivity index (χ4v) is 2.06. The number of nitrogens with one attached hydrogen (secondary N) is 1. The summed E-state index contributed by atoms with van der Waals surface area (Å²) in [5, 5.41) is 0. The number of nitrogens with two attached hydrogens (primary N) is 1. The fourth-order valence-electron chi connectivity index (χ4n) is 2.06. The predicted octanol–water partition coefficient (Wildman–Crippen LogP) is 1.73. The Bertz CT molecular complexity index is 615. The van der Waals surface area contributed by atoms with Gasteiger partial charge in [0.1, 0.15) is 5.82 Å². The summed E-state index contributed by atoms with van der Waals surface area (Å²) in [5.41, 5.74) is 4.63. The van der Waals surface area contributed by atoms with Gasteiger partial charge in [0.2, 0.25) is 0 Å². The highest BCUT2D eigenvalue weighted by atomic mass is 16.2. The standard InChI is InChI=1S/C15H19N5O/c1-3-20(10-13-6-4-5-7-17-13)15(21)12-8-11(2)18-14(9-12)19-16/h4-9H,3,10,16H2,1-2H3,(H,18,19). The van der Waals surface area contributed by atoms with E-state index in [0.29, 0.717) is 24.5 Å². The average Bonchev–Trinajstić information content (AvgIpc) is 2.52. The number of nitrogen functional groups attached to an aromatic ring is 1. The van der Waals surface area contributed by atoms with Gasteiger partial charge >= 0.3 is 0 Å². The monoisotopic (exact) mass is 285 g/mol. The molecular formula is C15H19N5O. The van der Waals surface area contributed by atoms with Gasteiger partial charge in [-0.05, 0) is 38.1 Å². The molecular weight excluding hydrogens is 266 g/mol. The van der Waals surface area contributed by atoms with E-state index in [-0.39, 0.29) is 5.91 Å². The lowest BCUT2D eigenvalue weighted by Crippen LogP contribution is -2.31. The molecule has 2 aromatic heterocycles. The molecule has 0 aliphatic heterocycles. The second-order valence-electron chi connectivity index (χ2n) is 4.67. The molecule has 2 aromatic rings. The first kappa shape index (κ1) is 14.9. The topological polar surface area (TPSA) is 84.1 Å². The van der Waals surface area contributed by atoms with Crippen molar-refractivity contribution in [2.24, 2.45) is 5.84 Å². The number of anilines is 1. The summed E-state index contributed by atoms with van der Waals surface area (Å²) in [6.45, 7) is 4.84. The van der Waals surface area contributed by atoms with Gasteiger partial charge in [-0.25, -0.2) is 10.8 Å². The lowest BCUT2D eigenvalue weighted by atomic mass is 10.2. The van der Waals surface area contributed by atoms with Gasteiger partial charge in [-0.1, -0.05) is 6.07 Å². The van der Waals surface area contributed by atoms with Crippen LogP contribution in [0, 0.1) is 6.92 Å². The maximum Gasteiger partial charge on any atom is 0.254 e. The number of hydrogen-bond donors (Lipinski definition) is 2. The molecule has 0 aliphatic rings. The lowest BCUT2D eigenvalue weighted by molar-refractivity contribution is 0.0750. The number of hydrogen-bond acceptors (Lipinski definition) is 5. The number of hydrazine groups is 1. The number of carbonyl (C=O) groups is 1. The molecule has 0 spiro atoms. The Kier molecular flexibility index (Phi) is 4.84. The van der Waals surface area contributed by atoms with Crippen molar-refractivity contribution in [3.05, 3.63) is 53.5 Å². The van der Waals surface area contributed by atoms with E-state index in [1.165, 1.54) is 0 Å². The Morgan fingerprint density at radius 1 is 1.38 bits per heavy atom. The molecule has 2 heterocycles. The van der Waals surface area contributed by atoms with E-state index in [0.717, 1.165) is 11.4 Å². The van der Waals surface area contributed by atoms with Crippen LogP contribution in [0.4, 0.5) is 5.82 Å². The molecule has 3 N–H and O–H groups in total. The molecule has 0 saturated heterocycles. The van der Waals surface area contributed by atoms with Crippen LogP contribution >= 0.6 is 0 Å². The highest BCUT2D eigenvalue weighted by molar-refractivity contribution is 5.95. The van der Waals surface area contributed by atoms with Crippen molar-refractivity contribution in [1.29, 1.82) is 0 Å². The largest absolute Gasteiger partial charge is 0.333 e. The van der Waals surface area contributed by atoms with E-state index in [2.05, 4.69) is 15.4 Å². The van der Waals surface area contributed by atoms with Crippen molar-refractivity contribution in [3.63, 3.8) is 0 Å². The third kappa shape index (κ3) is 3.76. The van der Waals surface area contributed by atoms with Gasteiger partial charge in [0, 0.05) is 24.0 Å². The van der Waals surface area contributed by atoms with Gasteiger partial charge in [0.25, 0.3) is 5.91 Å². The van der Waals surface area contributed by atoms with Crippen LogP contribution in [0.3, 0.4) is 0 Å². The quantitative estimate of drug-likeness (QED) is 0.645. The Morgan fingerprint density at radius 3 is 2.81 bits per heavy atom. The van der Waals surface area contributed by atoms with Crippen LogP contribution in [0.2, 0.25) is 0 Å². The van der Waals surface area contributed by atoms with Crippen molar-refractivity contribution in [2.45, 2.75) is 20.4 Å². The molecule has 1 amide bonds. The molecule has 0 radical (unpaired) electrons.